The highest BCUT2D eigenvalue weighted by Gasteiger charge is 2.24. The Hall–Kier alpha value is -17.5. The molecule has 29 aromatic rings. The Bertz CT molecular complexity index is 10400. The van der Waals surface area contributed by atoms with Crippen molar-refractivity contribution in [1.29, 1.82) is 0 Å². The molecular weight excluding hydrogens is 1830 g/mol. The molecule has 0 saturated heterocycles. The van der Waals surface area contributed by atoms with E-state index in [4.69, 9.17) is 15.0 Å². The third kappa shape index (κ3) is 15.7. The highest BCUT2D eigenvalue weighted by molar-refractivity contribution is 7.27. The van der Waals surface area contributed by atoms with Crippen molar-refractivity contribution in [2.75, 3.05) is 0 Å². The number of fused-ring (bicyclic) bond motifs is 27. The maximum Gasteiger partial charge on any atom is 0.0794 e. The van der Waals surface area contributed by atoms with Gasteiger partial charge in [-0.25, -0.2) is 15.0 Å². The molecule has 0 spiro atoms. The second-order valence-corrected chi connectivity index (χ2v) is 42.5. The van der Waals surface area contributed by atoms with Gasteiger partial charge in [0, 0.05) is 110 Å². The lowest BCUT2D eigenvalue weighted by molar-refractivity contribution is 1.32. The molecule has 3 nitrogen and oxygen atoms in total. The van der Waals surface area contributed by atoms with Gasteiger partial charge in [-0.1, -0.05) is 375 Å². The Morgan fingerprint density at radius 3 is 0.728 bits per heavy atom. The lowest BCUT2D eigenvalue weighted by atomic mass is 9.88. The molecule has 692 valence electrons. The van der Waals surface area contributed by atoms with Crippen molar-refractivity contribution in [3.05, 3.63) is 500 Å². The highest BCUT2D eigenvalue weighted by atomic mass is 32.1. The number of hydrogen-bond donors (Lipinski definition) is 0. The first-order valence-corrected chi connectivity index (χ1v) is 53.0. The number of benzene rings is 23. The van der Waals surface area contributed by atoms with Crippen LogP contribution in [0, 0.1) is 41.5 Å². The molecule has 0 bridgehead atoms. The van der Waals surface area contributed by atoms with Gasteiger partial charge in [-0.05, 0) is 304 Å². The van der Waals surface area contributed by atoms with Gasteiger partial charge in [0.1, 0.15) is 0 Å². The van der Waals surface area contributed by atoms with Crippen molar-refractivity contribution in [2.24, 2.45) is 0 Å². The number of nitrogens with zero attached hydrogens (tertiary/aromatic N) is 3. The van der Waals surface area contributed by atoms with E-state index in [1.807, 2.05) is 34.0 Å². The molecule has 6 heterocycles. The fraction of sp³-hybridized carbons (Fsp3) is 0.0426. The van der Waals surface area contributed by atoms with Gasteiger partial charge in [0.2, 0.25) is 0 Å². The van der Waals surface area contributed by atoms with Crippen LogP contribution in [-0.4, -0.2) is 15.0 Å². The molecule has 0 aliphatic carbocycles. The Kier molecular flexibility index (Phi) is 21.9. The first-order valence-electron chi connectivity index (χ1n) is 50.5. The number of aromatic nitrogens is 3. The maximum atomic E-state index is 5.60. The van der Waals surface area contributed by atoms with E-state index in [9.17, 15) is 0 Å². The van der Waals surface area contributed by atoms with Crippen molar-refractivity contribution in [3.8, 4) is 123 Å². The van der Waals surface area contributed by atoms with Crippen molar-refractivity contribution >= 4 is 192 Å². The molecule has 0 radical (unpaired) electrons. The number of pyridine rings is 3. The molecular formula is C141H95N3S3. The second kappa shape index (κ2) is 36.4. The summed E-state index contributed by atoms with van der Waals surface area (Å²) in [5.41, 5.74) is 37.0. The summed E-state index contributed by atoms with van der Waals surface area (Å²) in [6.07, 6.45) is 0. The van der Waals surface area contributed by atoms with Crippen molar-refractivity contribution in [1.82, 2.24) is 15.0 Å². The van der Waals surface area contributed by atoms with E-state index in [2.05, 4.69) is 509 Å². The Morgan fingerprint density at radius 2 is 0.374 bits per heavy atom. The lowest BCUT2D eigenvalue weighted by Crippen LogP contribution is -1.94. The van der Waals surface area contributed by atoms with Crippen molar-refractivity contribution < 1.29 is 0 Å². The van der Waals surface area contributed by atoms with E-state index in [1.54, 1.807) is 0 Å². The van der Waals surface area contributed by atoms with Gasteiger partial charge in [0.15, 0.2) is 0 Å². The van der Waals surface area contributed by atoms with E-state index < -0.39 is 0 Å². The summed E-state index contributed by atoms with van der Waals surface area (Å²) >= 11 is 5.62. The molecule has 0 saturated carbocycles. The topological polar surface area (TPSA) is 38.7 Å². The number of thiophene rings is 3. The number of hydrogen-bond acceptors (Lipinski definition) is 6. The molecule has 6 heteroatoms. The summed E-state index contributed by atoms with van der Waals surface area (Å²) < 4.78 is 7.96. The summed E-state index contributed by atoms with van der Waals surface area (Å²) in [6, 6.07) is 171. The zero-order valence-electron chi connectivity index (χ0n) is 82.0. The quantitative estimate of drug-likeness (QED) is 0.121. The van der Waals surface area contributed by atoms with Crippen LogP contribution in [0.15, 0.2) is 467 Å². The van der Waals surface area contributed by atoms with Crippen LogP contribution in [-0.2, 0) is 0 Å². The second-order valence-electron chi connectivity index (χ2n) is 39.4. The van der Waals surface area contributed by atoms with Gasteiger partial charge in [-0.15, -0.1) is 34.0 Å². The van der Waals surface area contributed by atoms with Crippen LogP contribution in [0.4, 0.5) is 0 Å². The summed E-state index contributed by atoms with van der Waals surface area (Å²) in [6.45, 7) is 13.3. The minimum Gasteiger partial charge on any atom is -0.247 e. The lowest BCUT2D eigenvalue weighted by Gasteiger charge is -2.17. The first-order chi connectivity index (χ1) is 72.3. The minimum absolute atomic E-state index is 0.975. The molecule has 0 aliphatic rings. The third-order valence-electron chi connectivity index (χ3n) is 30.1. The fourth-order valence-electron chi connectivity index (χ4n) is 23.5. The predicted octanol–water partition coefficient (Wildman–Crippen LogP) is 40.9. The minimum atomic E-state index is 0.975. The van der Waals surface area contributed by atoms with Crippen molar-refractivity contribution in [2.45, 2.75) is 41.5 Å². The molecule has 6 aromatic heterocycles. The van der Waals surface area contributed by atoms with Crippen molar-refractivity contribution in [3.63, 3.8) is 0 Å². The summed E-state index contributed by atoms with van der Waals surface area (Å²) in [5, 5.41) is 26.1. The average molecular weight is 1930 g/mol. The first kappa shape index (κ1) is 88.4. The van der Waals surface area contributed by atoms with Gasteiger partial charge in [-0.2, -0.15) is 0 Å². The van der Waals surface area contributed by atoms with Crippen LogP contribution < -0.4 is 0 Å². The van der Waals surface area contributed by atoms with Crippen LogP contribution in [0.2, 0.25) is 0 Å². The highest BCUT2D eigenvalue weighted by Crippen LogP contribution is 2.50. The molecule has 23 aromatic carbocycles. The smallest absolute Gasteiger partial charge is 0.0794 e. The Morgan fingerprint density at radius 1 is 0.143 bits per heavy atom. The molecule has 0 unspecified atom stereocenters. The molecule has 0 atom stereocenters. The van der Waals surface area contributed by atoms with Crippen LogP contribution in [0.5, 0.6) is 0 Å². The van der Waals surface area contributed by atoms with E-state index >= 15 is 0 Å². The van der Waals surface area contributed by atoms with Crippen LogP contribution >= 0.6 is 34.0 Å². The molecule has 147 heavy (non-hydrogen) atoms. The van der Waals surface area contributed by atoms with Gasteiger partial charge >= 0.3 is 0 Å². The summed E-state index contributed by atoms with van der Waals surface area (Å²) in [4.78, 5) is 16.5. The van der Waals surface area contributed by atoms with Gasteiger partial charge in [-0.3, -0.25) is 0 Å². The van der Waals surface area contributed by atoms with Crippen LogP contribution in [0.3, 0.4) is 0 Å². The third-order valence-corrected chi connectivity index (χ3v) is 33.8. The number of aryl methyl sites for hydroxylation is 6. The molecule has 0 aliphatic heterocycles. The van der Waals surface area contributed by atoms with E-state index in [-0.39, 0.29) is 0 Å². The number of rotatable bonds is 11. The zero-order chi connectivity index (χ0) is 98.2. The average Bonchev–Trinajstić information content (AvgIpc) is 1.59. The standard InChI is InChI=1S/C53H41NS.C47H29NS.C41H25NS/c1-30-23-32(3)50(33(4)24-30)38-17-19-41-42-20-18-39(51-34(5)25-31(2)26-35(51)6)29-47(42)52-44(46(41)28-38)21-22-48(54-52)37-12-9-11-36(27-37)40-14-10-15-45-43-13-7-8-16-49(43)55-53(40)45;1-3-11-30(12-4-1)32-21-23-37-38-24-22-33(31-13-5-2-6-14-31)29-43(38)46-40(42(37)28-32)25-26-44(48-46)35-16-9-15-34(27-35)36-18-10-19-41-39-17-7-8-20-45(39)49-47(36)41;1-2-10-26(11-3-1)27-20-21-35-37(25-27)32-15-5-4-14-31(32)34-22-23-38(42-40(34)35)29-13-8-12-28(24-29)30-17-9-18-36-33-16-6-7-19-39(33)43-41(30)36/h7-29H,1-6H3;1-29H;1-25H. The van der Waals surface area contributed by atoms with Crippen LogP contribution in [0.25, 0.3) is 281 Å². The Balaban J connectivity index is 0.000000110. The van der Waals surface area contributed by atoms with E-state index in [0.717, 1.165) is 50.3 Å². The Labute approximate surface area is 864 Å². The van der Waals surface area contributed by atoms with Gasteiger partial charge in [0.05, 0.1) is 33.6 Å². The molecule has 0 amide bonds. The van der Waals surface area contributed by atoms with Gasteiger partial charge < -0.3 is 0 Å². The van der Waals surface area contributed by atoms with E-state index in [0.29, 0.717) is 0 Å². The largest absolute Gasteiger partial charge is 0.247 e. The maximum absolute atomic E-state index is 5.60. The molecule has 0 N–H and O–H groups in total. The summed E-state index contributed by atoms with van der Waals surface area (Å²) in [5.74, 6) is 0. The predicted molar refractivity (Wildman–Crippen MR) is 637 cm³/mol. The summed E-state index contributed by atoms with van der Waals surface area (Å²) in [7, 11) is 0. The SMILES string of the molecule is Cc1cc(C)c(-c2ccc3c(c2)c2ccc(-c4cccc(-c5cccc6c5sc5ccccc56)c4)nc2c2cc(-c4c(C)cc(C)cc4C)ccc32)c(C)c1.c1ccc(-c2ccc3c(c2)c2ccc(-c4cccc(-c5cccc6c5sc5ccccc56)c4)nc2c2cc(-c4ccccc4)ccc32)cc1.c1ccc(-c2ccc3c(c2)c2ccccc2c2ccc(-c4cccc(-c5cccc6c5sc5ccccc56)c4)nc23)cc1. The monoisotopic (exact) mass is 1930 g/mol. The zero-order valence-corrected chi connectivity index (χ0v) is 84.5. The molecule has 0 fully saturated rings. The van der Waals surface area contributed by atoms with Crippen LogP contribution in [0.1, 0.15) is 33.4 Å². The normalized spacial score (nSPS) is 11.7. The molecule has 29 rings (SSSR count). The van der Waals surface area contributed by atoms with Gasteiger partial charge in [0.25, 0.3) is 0 Å². The van der Waals surface area contributed by atoms with E-state index in [1.165, 1.54) is 264 Å². The fourth-order valence-corrected chi connectivity index (χ4v) is 27.2.